The van der Waals surface area contributed by atoms with Gasteiger partial charge in [-0.3, -0.25) is 4.79 Å². The molecular weight excluding hydrogens is 424 g/mol. The van der Waals surface area contributed by atoms with Crippen molar-refractivity contribution >= 4 is 17.8 Å². The van der Waals surface area contributed by atoms with E-state index in [1.807, 2.05) is 31.2 Å². The van der Waals surface area contributed by atoms with Crippen LogP contribution in [0.2, 0.25) is 0 Å². The van der Waals surface area contributed by atoms with Crippen molar-refractivity contribution in [1.29, 1.82) is 0 Å². The molecule has 0 N–H and O–H groups in total. The molecule has 33 heavy (non-hydrogen) atoms. The summed E-state index contributed by atoms with van der Waals surface area (Å²) >= 11 is 0. The molecule has 0 fully saturated rings. The van der Waals surface area contributed by atoms with Crippen molar-refractivity contribution in [2.75, 3.05) is 13.4 Å². The number of carbonyl (C=O) groups is 2. The van der Waals surface area contributed by atoms with E-state index in [0.29, 0.717) is 46.3 Å². The van der Waals surface area contributed by atoms with Crippen molar-refractivity contribution < 1.29 is 33.3 Å². The normalized spacial score (nSPS) is 14.7. The topological polar surface area (TPSA) is 80.3 Å². The van der Waals surface area contributed by atoms with E-state index >= 15 is 0 Å². The summed E-state index contributed by atoms with van der Waals surface area (Å²) in [6.07, 6.45) is 1.68. The zero-order valence-electron chi connectivity index (χ0n) is 18.0. The monoisotopic (exact) mass is 444 g/mol. The smallest absolute Gasteiger partial charge is 0.343 e. The maximum absolute atomic E-state index is 12.8. The lowest BCUT2D eigenvalue weighted by Crippen LogP contribution is -2.09. The van der Waals surface area contributed by atoms with Gasteiger partial charge in [0.1, 0.15) is 17.2 Å². The van der Waals surface area contributed by atoms with E-state index < -0.39 is 5.97 Å². The Kier molecular flexibility index (Phi) is 5.22. The third kappa shape index (κ3) is 3.89. The Hall–Kier alpha value is -4.26. The van der Waals surface area contributed by atoms with Crippen LogP contribution in [0.25, 0.3) is 6.08 Å². The Labute approximate surface area is 190 Å². The van der Waals surface area contributed by atoms with Gasteiger partial charge in [0.15, 0.2) is 17.3 Å². The maximum atomic E-state index is 12.8. The summed E-state index contributed by atoms with van der Waals surface area (Å²) < 4.78 is 27.5. The SMILES string of the molecule is CCOc1ccc(/C=C2\Oc3c(ccc(OC(=O)c4ccc5c(c4)OCO5)c3C)C2=O)cc1. The minimum atomic E-state index is -0.550. The molecule has 7 heteroatoms. The molecular formula is C26H20O7. The number of esters is 1. The van der Waals surface area contributed by atoms with E-state index in [2.05, 4.69) is 0 Å². The van der Waals surface area contributed by atoms with Crippen molar-refractivity contribution in [3.8, 4) is 28.7 Å². The fourth-order valence-corrected chi connectivity index (χ4v) is 3.64. The zero-order valence-corrected chi connectivity index (χ0v) is 18.0. The zero-order chi connectivity index (χ0) is 22.9. The predicted octanol–water partition coefficient (Wildman–Crippen LogP) is 4.96. The molecule has 0 unspecified atom stereocenters. The first-order valence-corrected chi connectivity index (χ1v) is 10.5. The fourth-order valence-electron chi connectivity index (χ4n) is 3.64. The number of hydrogen-bond acceptors (Lipinski definition) is 7. The molecule has 2 aliphatic heterocycles. The highest BCUT2D eigenvalue weighted by molar-refractivity contribution is 6.15. The van der Waals surface area contributed by atoms with E-state index in [-0.39, 0.29) is 18.3 Å². The molecule has 0 amide bonds. The number of allylic oxidation sites excluding steroid dienone is 1. The summed E-state index contributed by atoms with van der Waals surface area (Å²) in [6.45, 7) is 4.36. The lowest BCUT2D eigenvalue weighted by molar-refractivity contribution is 0.0732. The number of carbonyl (C=O) groups excluding carboxylic acids is 2. The van der Waals surface area contributed by atoms with Crippen LogP contribution in [0.15, 0.2) is 60.4 Å². The van der Waals surface area contributed by atoms with Gasteiger partial charge in [0, 0.05) is 5.56 Å². The number of benzene rings is 3. The van der Waals surface area contributed by atoms with Crippen LogP contribution < -0.4 is 23.7 Å². The average molecular weight is 444 g/mol. The van der Waals surface area contributed by atoms with Crippen LogP contribution in [-0.4, -0.2) is 25.2 Å². The van der Waals surface area contributed by atoms with Crippen molar-refractivity contribution in [1.82, 2.24) is 0 Å². The molecule has 0 atom stereocenters. The number of rotatable bonds is 5. The first-order valence-electron chi connectivity index (χ1n) is 10.5. The molecule has 2 heterocycles. The summed E-state index contributed by atoms with van der Waals surface area (Å²) in [5.74, 6) is 1.95. The summed E-state index contributed by atoms with van der Waals surface area (Å²) in [5, 5.41) is 0. The highest BCUT2D eigenvalue weighted by Crippen LogP contribution is 2.40. The molecule has 7 nitrogen and oxygen atoms in total. The minimum Gasteiger partial charge on any atom is -0.494 e. The Balaban J connectivity index is 1.36. The molecule has 0 aromatic heterocycles. The summed E-state index contributed by atoms with van der Waals surface area (Å²) in [5.41, 5.74) is 2.12. The number of ketones is 1. The van der Waals surface area contributed by atoms with Crippen LogP contribution in [0, 0.1) is 6.92 Å². The van der Waals surface area contributed by atoms with Gasteiger partial charge in [-0.1, -0.05) is 12.1 Å². The van der Waals surface area contributed by atoms with Gasteiger partial charge < -0.3 is 23.7 Å². The molecule has 3 aromatic rings. The highest BCUT2D eigenvalue weighted by atomic mass is 16.7. The number of fused-ring (bicyclic) bond motifs is 2. The Morgan fingerprint density at radius 1 is 1.03 bits per heavy atom. The van der Waals surface area contributed by atoms with Crippen LogP contribution >= 0.6 is 0 Å². The van der Waals surface area contributed by atoms with Gasteiger partial charge in [-0.05, 0) is 68.0 Å². The average Bonchev–Trinajstić information content (AvgIpc) is 3.42. The van der Waals surface area contributed by atoms with E-state index in [1.165, 1.54) is 0 Å². The molecule has 0 saturated carbocycles. The van der Waals surface area contributed by atoms with E-state index in [0.717, 1.165) is 11.3 Å². The van der Waals surface area contributed by atoms with E-state index in [1.54, 1.807) is 43.3 Å². The van der Waals surface area contributed by atoms with Gasteiger partial charge in [0.05, 0.1) is 17.7 Å². The summed E-state index contributed by atoms with van der Waals surface area (Å²) in [7, 11) is 0. The van der Waals surface area contributed by atoms with Crippen molar-refractivity contribution in [2.45, 2.75) is 13.8 Å². The van der Waals surface area contributed by atoms with Crippen molar-refractivity contribution in [2.24, 2.45) is 0 Å². The van der Waals surface area contributed by atoms with Gasteiger partial charge in [-0.15, -0.1) is 0 Å². The third-order valence-electron chi connectivity index (χ3n) is 5.34. The van der Waals surface area contributed by atoms with Crippen LogP contribution in [0.3, 0.4) is 0 Å². The molecule has 0 spiro atoms. The van der Waals surface area contributed by atoms with Crippen LogP contribution in [-0.2, 0) is 0 Å². The number of Topliss-reactive ketones (excluding diaryl/α,β-unsaturated/α-hetero) is 1. The summed E-state index contributed by atoms with van der Waals surface area (Å²) in [4.78, 5) is 25.5. The van der Waals surface area contributed by atoms with Crippen LogP contribution in [0.4, 0.5) is 0 Å². The number of ether oxygens (including phenoxy) is 5. The Morgan fingerprint density at radius 3 is 2.61 bits per heavy atom. The Morgan fingerprint density at radius 2 is 1.82 bits per heavy atom. The molecule has 166 valence electrons. The standard InChI is InChI=1S/C26H20O7/c1-3-29-18-7-4-16(5-8-18)12-23-24(27)19-9-11-20(15(2)25(19)32-23)33-26(28)17-6-10-21-22(13-17)31-14-30-21/h4-13H,3,14H2,1-2H3/b23-12-. The van der Waals surface area contributed by atoms with Crippen molar-refractivity contribution in [3.63, 3.8) is 0 Å². The van der Waals surface area contributed by atoms with Gasteiger partial charge in [-0.25, -0.2) is 4.79 Å². The first-order chi connectivity index (χ1) is 16.0. The predicted molar refractivity (Wildman–Crippen MR) is 119 cm³/mol. The van der Waals surface area contributed by atoms with Gasteiger partial charge >= 0.3 is 5.97 Å². The van der Waals surface area contributed by atoms with Gasteiger partial charge in [0.2, 0.25) is 12.6 Å². The third-order valence-corrected chi connectivity index (χ3v) is 5.34. The molecule has 0 saturated heterocycles. The lowest BCUT2D eigenvalue weighted by atomic mass is 10.1. The van der Waals surface area contributed by atoms with E-state index in [9.17, 15) is 9.59 Å². The van der Waals surface area contributed by atoms with Gasteiger partial charge in [-0.2, -0.15) is 0 Å². The Bertz CT molecular complexity index is 1290. The first kappa shape index (κ1) is 20.6. The second-order valence-electron chi connectivity index (χ2n) is 7.46. The summed E-state index contributed by atoms with van der Waals surface area (Å²) in [6, 6.07) is 15.4. The molecule has 5 rings (SSSR count). The van der Waals surface area contributed by atoms with Gasteiger partial charge in [0.25, 0.3) is 0 Å². The van der Waals surface area contributed by atoms with Crippen LogP contribution in [0.1, 0.15) is 38.8 Å². The molecule has 3 aromatic carbocycles. The largest absolute Gasteiger partial charge is 0.494 e. The number of hydrogen-bond donors (Lipinski definition) is 0. The molecule has 0 radical (unpaired) electrons. The molecule has 2 aliphatic rings. The highest BCUT2D eigenvalue weighted by Gasteiger charge is 2.30. The van der Waals surface area contributed by atoms with E-state index in [4.69, 9.17) is 23.7 Å². The maximum Gasteiger partial charge on any atom is 0.343 e. The lowest BCUT2D eigenvalue weighted by Gasteiger charge is -2.10. The quantitative estimate of drug-likeness (QED) is 0.313. The minimum absolute atomic E-state index is 0.121. The van der Waals surface area contributed by atoms with Crippen LogP contribution in [0.5, 0.6) is 28.7 Å². The fraction of sp³-hybridized carbons (Fsp3) is 0.154. The second kappa shape index (κ2) is 8.35. The molecule has 0 bridgehead atoms. The van der Waals surface area contributed by atoms with Crippen molar-refractivity contribution in [3.05, 3.63) is 82.6 Å². The second-order valence-corrected chi connectivity index (χ2v) is 7.46. The molecule has 0 aliphatic carbocycles.